The summed E-state index contributed by atoms with van der Waals surface area (Å²) in [7, 11) is 0. The van der Waals surface area contributed by atoms with Gasteiger partial charge in [-0.1, -0.05) is 12.1 Å². The molecule has 2 rings (SSSR count). The molecule has 0 radical (unpaired) electrons. The molecule has 0 unspecified atom stereocenters. The van der Waals surface area contributed by atoms with Crippen LogP contribution in [0.1, 0.15) is 5.56 Å². The molecule has 1 fully saturated rings. The largest absolute Gasteiger partial charge is 0.336 e. The molecule has 1 heterocycles. The van der Waals surface area contributed by atoms with E-state index in [2.05, 4.69) is 5.32 Å². The zero-order valence-electron chi connectivity index (χ0n) is 9.67. The van der Waals surface area contributed by atoms with Gasteiger partial charge in [-0.25, -0.2) is 0 Å². The van der Waals surface area contributed by atoms with E-state index in [9.17, 15) is 14.9 Å². The molecule has 1 aliphatic heterocycles. The Morgan fingerprint density at radius 2 is 2.00 bits per heavy atom. The number of non-ortho nitro benzene ring substituents is 1. The molecule has 18 heavy (non-hydrogen) atoms. The second-order valence-corrected chi connectivity index (χ2v) is 3.92. The van der Waals surface area contributed by atoms with Gasteiger partial charge in [0.2, 0.25) is 5.91 Å². The van der Waals surface area contributed by atoms with Gasteiger partial charge in [0.05, 0.1) is 11.5 Å². The van der Waals surface area contributed by atoms with Crippen molar-refractivity contribution in [3.63, 3.8) is 0 Å². The number of halogens is 1. The maximum Gasteiger partial charge on any atom is 0.269 e. The summed E-state index contributed by atoms with van der Waals surface area (Å²) < 4.78 is 0. The molecule has 0 atom stereocenters. The van der Waals surface area contributed by atoms with Crippen LogP contribution in [0.5, 0.6) is 0 Å². The number of piperazine rings is 1. The first-order valence-corrected chi connectivity index (χ1v) is 5.38. The van der Waals surface area contributed by atoms with Crippen LogP contribution in [0, 0.1) is 10.1 Å². The van der Waals surface area contributed by atoms with Gasteiger partial charge < -0.3 is 10.2 Å². The maximum absolute atomic E-state index is 11.5. The summed E-state index contributed by atoms with van der Waals surface area (Å²) in [6.07, 6.45) is 0. The Balaban J connectivity index is 0.00000162. The SMILES string of the molecule is Cl.O=C1CNCCN1Cc1ccc([N+](=O)[O-])cc1. The number of amides is 1. The van der Waals surface area contributed by atoms with Crippen LogP contribution in [0.4, 0.5) is 5.69 Å². The highest BCUT2D eigenvalue weighted by molar-refractivity contribution is 5.85. The molecule has 1 aromatic carbocycles. The lowest BCUT2D eigenvalue weighted by Crippen LogP contribution is -2.47. The standard InChI is InChI=1S/C11H13N3O3.ClH/c15-11-7-12-5-6-13(11)8-9-1-3-10(4-2-9)14(16)17;/h1-4,12H,5-8H2;1H. The summed E-state index contributed by atoms with van der Waals surface area (Å²) in [4.78, 5) is 23.3. The molecular weight excluding hydrogens is 258 g/mol. The van der Waals surface area contributed by atoms with Crippen molar-refractivity contribution in [3.8, 4) is 0 Å². The van der Waals surface area contributed by atoms with E-state index in [1.54, 1.807) is 17.0 Å². The summed E-state index contributed by atoms with van der Waals surface area (Å²) in [5.74, 6) is 0.0644. The number of hydrogen-bond acceptors (Lipinski definition) is 4. The number of nitro groups is 1. The second-order valence-electron chi connectivity index (χ2n) is 3.92. The minimum atomic E-state index is -0.431. The maximum atomic E-state index is 11.5. The molecule has 1 N–H and O–H groups in total. The molecule has 1 aliphatic rings. The molecule has 6 nitrogen and oxygen atoms in total. The third-order valence-corrected chi connectivity index (χ3v) is 2.71. The Hall–Kier alpha value is -1.66. The molecule has 0 spiro atoms. The number of hydrogen-bond donors (Lipinski definition) is 1. The van der Waals surface area contributed by atoms with E-state index < -0.39 is 4.92 Å². The van der Waals surface area contributed by atoms with Gasteiger partial charge >= 0.3 is 0 Å². The smallest absolute Gasteiger partial charge is 0.269 e. The molecular formula is C11H14ClN3O3. The van der Waals surface area contributed by atoms with Crippen molar-refractivity contribution in [1.82, 2.24) is 10.2 Å². The van der Waals surface area contributed by atoms with Gasteiger partial charge in [-0.05, 0) is 5.56 Å². The molecule has 1 amide bonds. The number of carbonyl (C=O) groups excluding carboxylic acids is 1. The van der Waals surface area contributed by atoms with E-state index in [4.69, 9.17) is 0 Å². The van der Waals surface area contributed by atoms with Crippen molar-refractivity contribution in [2.24, 2.45) is 0 Å². The fraction of sp³-hybridized carbons (Fsp3) is 0.364. The Bertz CT molecular complexity index is 436. The Kier molecular flexibility index (Phi) is 5.06. The predicted molar refractivity (Wildman–Crippen MR) is 68.6 cm³/mol. The van der Waals surface area contributed by atoms with E-state index in [0.717, 1.165) is 12.1 Å². The summed E-state index contributed by atoms with van der Waals surface area (Å²) >= 11 is 0. The average molecular weight is 272 g/mol. The monoisotopic (exact) mass is 271 g/mol. The van der Waals surface area contributed by atoms with E-state index in [1.165, 1.54) is 12.1 Å². The predicted octanol–water partition coefficient (Wildman–Crippen LogP) is 0.948. The number of nitrogens with one attached hydrogen (secondary N) is 1. The van der Waals surface area contributed by atoms with Crippen LogP contribution in [-0.4, -0.2) is 35.4 Å². The average Bonchev–Trinajstić information content (AvgIpc) is 2.33. The summed E-state index contributed by atoms with van der Waals surface area (Å²) in [6.45, 7) is 2.35. The topological polar surface area (TPSA) is 75.5 Å². The first kappa shape index (κ1) is 14.4. The molecule has 7 heteroatoms. The van der Waals surface area contributed by atoms with Crippen molar-refractivity contribution < 1.29 is 9.72 Å². The van der Waals surface area contributed by atoms with Crippen molar-refractivity contribution in [3.05, 3.63) is 39.9 Å². The Morgan fingerprint density at radius 1 is 1.33 bits per heavy atom. The zero-order valence-corrected chi connectivity index (χ0v) is 10.5. The van der Waals surface area contributed by atoms with Gasteiger partial charge in [-0.2, -0.15) is 0 Å². The number of nitro benzene ring substituents is 1. The van der Waals surface area contributed by atoms with Crippen LogP contribution >= 0.6 is 12.4 Å². The lowest BCUT2D eigenvalue weighted by atomic mass is 10.2. The highest BCUT2D eigenvalue weighted by Crippen LogP contribution is 2.13. The normalized spacial score (nSPS) is 15.1. The summed E-state index contributed by atoms with van der Waals surface area (Å²) in [6, 6.07) is 6.30. The fourth-order valence-electron chi connectivity index (χ4n) is 1.76. The minimum Gasteiger partial charge on any atom is -0.336 e. The first-order chi connectivity index (χ1) is 8.16. The van der Waals surface area contributed by atoms with Crippen LogP contribution in [0.25, 0.3) is 0 Å². The lowest BCUT2D eigenvalue weighted by molar-refractivity contribution is -0.384. The molecule has 0 bridgehead atoms. The molecule has 1 saturated heterocycles. The van der Waals surface area contributed by atoms with Crippen molar-refractivity contribution in [2.75, 3.05) is 19.6 Å². The highest BCUT2D eigenvalue weighted by Gasteiger charge is 2.17. The summed E-state index contributed by atoms with van der Waals surface area (Å²) in [5, 5.41) is 13.5. The number of nitrogens with zero attached hydrogens (tertiary/aromatic N) is 2. The first-order valence-electron chi connectivity index (χ1n) is 5.38. The van der Waals surface area contributed by atoms with Crippen LogP contribution in [0.3, 0.4) is 0 Å². The molecule has 98 valence electrons. The van der Waals surface area contributed by atoms with Gasteiger partial charge in [0, 0.05) is 31.8 Å². The molecule has 0 saturated carbocycles. The van der Waals surface area contributed by atoms with Gasteiger partial charge in [0.1, 0.15) is 0 Å². The van der Waals surface area contributed by atoms with Crippen LogP contribution in [-0.2, 0) is 11.3 Å². The quantitative estimate of drug-likeness (QED) is 0.656. The van der Waals surface area contributed by atoms with Crippen molar-refractivity contribution in [2.45, 2.75) is 6.54 Å². The van der Waals surface area contributed by atoms with Gasteiger partial charge in [-0.15, -0.1) is 12.4 Å². The third kappa shape index (κ3) is 3.41. The minimum absolute atomic E-state index is 0. The van der Waals surface area contributed by atoms with Crippen LogP contribution < -0.4 is 5.32 Å². The number of rotatable bonds is 3. The Labute approximate surface area is 111 Å². The Morgan fingerprint density at radius 3 is 2.56 bits per heavy atom. The molecule has 1 aromatic rings. The van der Waals surface area contributed by atoms with Crippen LogP contribution in [0.15, 0.2) is 24.3 Å². The van der Waals surface area contributed by atoms with Gasteiger partial charge in [0.25, 0.3) is 5.69 Å². The second kappa shape index (κ2) is 6.32. The number of carbonyl (C=O) groups is 1. The summed E-state index contributed by atoms with van der Waals surface area (Å²) in [5.41, 5.74) is 0.978. The molecule has 0 aliphatic carbocycles. The fourth-order valence-corrected chi connectivity index (χ4v) is 1.76. The van der Waals surface area contributed by atoms with Crippen molar-refractivity contribution in [1.29, 1.82) is 0 Å². The van der Waals surface area contributed by atoms with Gasteiger partial charge in [0.15, 0.2) is 0 Å². The van der Waals surface area contributed by atoms with E-state index in [0.29, 0.717) is 19.6 Å². The van der Waals surface area contributed by atoms with Gasteiger partial charge in [-0.3, -0.25) is 14.9 Å². The highest BCUT2D eigenvalue weighted by atomic mass is 35.5. The molecule has 0 aromatic heterocycles. The zero-order chi connectivity index (χ0) is 12.3. The number of benzene rings is 1. The van der Waals surface area contributed by atoms with E-state index in [-0.39, 0.29) is 24.0 Å². The van der Waals surface area contributed by atoms with E-state index in [1.807, 2.05) is 0 Å². The van der Waals surface area contributed by atoms with E-state index >= 15 is 0 Å². The lowest BCUT2D eigenvalue weighted by Gasteiger charge is -2.27. The van der Waals surface area contributed by atoms with Crippen LogP contribution in [0.2, 0.25) is 0 Å². The van der Waals surface area contributed by atoms with Crippen molar-refractivity contribution >= 4 is 24.0 Å². The third-order valence-electron chi connectivity index (χ3n) is 2.71.